The molecule has 0 fully saturated rings. The van der Waals surface area contributed by atoms with Crippen molar-refractivity contribution >= 4 is 5.69 Å². The molecule has 20 heavy (non-hydrogen) atoms. The summed E-state index contributed by atoms with van der Waals surface area (Å²) < 4.78 is 0. The number of anilines is 1. The van der Waals surface area contributed by atoms with Gasteiger partial charge < -0.3 is 15.1 Å². The SMILES string of the molecule is CN(C)CCCN(C)c1ccccc1CNC(C)(C)C. The molecule has 0 aromatic heterocycles. The summed E-state index contributed by atoms with van der Waals surface area (Å²) in [5.41, 5.74) is 2.86. The first-order chi connectivity index (χ1) is 9.29. The smallest absolute Gasteiger partial charge is 0.0409 e. The van der Waals surface area contributed by atoms with Crippen LogP contribution in [-0.4, -0.2) is 44.7 Å². The van der Waals surface area contributed by atoms with Crippen LogP contribution < -0.4 is 10.2 Å². The van der Waals surface area contributed by atoms with E-state index >= 15 is 0 Å². The Kier molecular flexibility index (Phi) is 6.50. The zero-order chi connectivity index (χ0) is 15.2. The summed E-state index contributed by atoms with van der Waals surface area (Å²) in [4.78, 5) is 4.60. The zero-order valence-electron chi connectivity index (χ0n) is 14.0. The predicted octanol–water partition coefficient (Wildman–Crippen LogP) is 2.96. The van der Waals surface area contributed by atoms with E-state index in [1.165, 1.54) is 17.7 Å². The Hall–Kier alpha value is -1.06. The van der Waals surface area contributed by atoms with Crippen LogP contribution in [0.5, 0.6) is 0 Å². The third kappa shape index (κ3) is 6.40. The number of hydrogen-bond donors (Lipinski definition) is 1. The van der Waals surface area contributed by atoms with Crippen LogP contribution in [0.2, 0.25) is 0 Å². The Bertz CT molecular complexity index is 393. The van der Waals surface area contributed by atoms with Crippen molar-refractivity contribution in [3.63, 3.8) is 0 Å². The van der Waals surface area contributed by atoms with E-state index in [-0.39, 0.29) is 5.54 Å². The third-order valence-electron chi connectivity index (χ3n) is 3.31. The minimum Gasteiger partial charge on any atom is -0.374 e. The van der Waals surface area contributed by atoms with Gasteiger partial charge in [0.25, 0.3) is 0 Å². The molecule has 1 rings (SSSR count). The molecule has 0 aliphatic heterocycles. The lowest BCUT2D eigenvalue weighted by atomic mass is 10.1. The minimum absolute atomic E-state index is 0.149. The summed E-state index contributed by atoms with van der Waals surface area (Å²) in [6.07, 6.45) is 1.19. The summed E-state index contributed by atoms with van der Waals surface area (Å²) in [5, 5.41) is 3.57. The average Bonchev–Trinajstić information content (AvgIpc) is 2.35. The summed E-state index contributed by atoms with van der Waals surface area (Å²) in [7, 11) is 6.44. The first kappa shape index (κ1) is 17.0. The zero-order valence-corrected chi connectivity index (χ0v) is 14.0. The standard InChI is InChI=1S/C17H31N3/c1-17(2,3)18-14-15-10-7-8-11-16(15)20(6)13-9-12-19(4)5/h7-8,10-11,18H,9,12-14H2,1-6H3. The highest BCUT2D eigenvalue weighted by Gasteiger charge is 2.11. The summed E-state index contributed by atoms with van der Waals surface area (Å²) in [6.45, 7) is 9.75. The van der Waals surface area contributed by atoms with Gasteiger partial charge >= 0.3 is 0 Å². The van der Waals surface area contributed by atoms with Gasteiger partial charge in [-0.2, -0.15) is 0 Å². The third-order valence-corrected chi connectivity index (χ3v) is 3.31. The normalized spacial score (nSPS) is 11.9. The maximum Gasteiger partial charge on any atom is 0.0409 e. The molecule has 0 saturated heterocycles. The van der Waals surface area contributed by atoms with Crippen LogP contribution in [0.4, 0.5) is 5.69 Å². The largest absolute Gasteiger partial charge is 0.374 e. The molecule has 1 N–H and O–H groups in total. The summed E-state index contributed by atoms with van der Waals surface area (Å²) in [6, 6.07) is 8.68. The first-order valence-electron chi connectivity index (χ1n) is 7.48. The van der Waals surface area contributed by atoms with Gasteiger partial charge in [-0.3, -0.25) is 0 Å². The van der Waals surface area contributed by atoms with Crippen molar-refractivity contribution in [1.29, 1.82) is 0 Å². The van der Waals surface area contributed by atoms with Crippen molar-refractivity contribution in [1.82, 2.24) is 10.2 Å². The molecule has 0 aliphatic rings. The van der Waals surface area contributed by atoms with Gasteiger partial charge in [-0.05, 0) is 59.5 Å². The quantitative estimate of drug-likeness (QED) is 0.826. The second-order valence-electron chi connectivity index (χ2n) is 6.81. The molecular weight excluding hydrogens is 246 g/mol. The second-order valence-corrected chi connectivity index (χ2v) is 6.81. The molecule has 0 aliphatic carbocycles. The number of rotatable bonds is 7. The Balaban J connectivity index is 2.64. The maximum atomic E-state index is 3.57. The van der Waals surface area contributed by atoms with Crippen LogP contribution in [0.1, 0.15) is 32.8 Å². The molecule has 1 aromatic carbocycles. The number of nitrogens with zero attached hydrogens (tertiary/aromatic N) is 2. The van der Waals surface area contributed by atoms with Crippen molar-refractivity contribution < 1.29 is 0 Å². The molecule has 3 heteroatoms. The van der Waals surface area contributed by atoms with Gasteiger partial charge in [0.05, 0.1) is 0 Å². The highest BCUT2D eigenvalue weighted by Crippen LogP contribution is 2.20. The molecule has 0 radical (unpaired) electrons. The van der Waals surface area contributed by atoms with E-state index < -0.39 is 0 Å². The fourth-order valence-electron chi connectivity index (χ4n) is 2.14. The molecule has 114 valence electrons. The van der Waals surface area contributed by atoms with Crippen LogP contribution in [0.3, 0.4) is 0 Å². The number of nitrogens with one attached hydrogen (secondary N) is 1. The molecule has 1 aromatic rings. The van der Waals surface area contributed by atoms with Crippen molar-refractivity contribution in [2.24, 2.45) is 0 Å². The van der Waals surface area contributed by atoms with Gasteiger partial charge in [-0.1, -0.05) is 18.2 Å². The van der Waals surface area contributed by atoms with E-state index in [4.69, 9.17) is 0 Å². The summed E-state index contributed by atoms with van der Waals surface area (Å²) >= 11 is 0. The van der Waals surface area contributed by atoms with Crippen molar-refractivity contribution in [2.45, 2.75) is 39.3 Å². The summed E-state index contributed by atoms with van der Waals surface area (Å²) in [5.74, 6) is 0. The molecule has 3 nitrogen and oxygen atoms in total. The van der Waals surface area contributed by atoms with E-state index in [2.05, 4.69) is 81.3 Å². The maximum absolute atomic E-state index is 3.57. The van der Waals surface area contributed by atoms with E-state index in [0.29, 0.717) is 0 Å². The lowest BCUT2D eigenvalue weighted by molar-refractivity contribution is 0.401. The van der Waals surface area contributed by atoms with Gasteiger partial charge in [-0.15, -0.1) is 0 Å². The van der Waals surface area contributed by atoms with E-state index in [9.17, 15) is 0 Å². The van der Waals surface area contributed by atoms with Crippen molar-refractivity contribution in [2.75, 3.05) is 39.1 Å². The molecular formula is C17H31N3. The Morgan fingerprint density at radius 2 is 1.65 bits per heavy atom. The van der Waals surface area contributed by atoms with Crippen LogP contribution in [0.15, 0.2) is 24.3 Å². The molecule has 0 bridgehead atoms. The molecule has 0 saturated carbocycles. The lowest BCUT2D eigenvalue weighted by Crippen LogP contribution is -2.35. The van der Waals surface area contributed by atoms with Gasteiger partial charge in [0, 0.05) is 31.4 Å². The van der Waals surface area contributed by atoms with Gasteiger partial charge in [0.1, 0.15) is 0 Å². The molecule has 0 atom stereocenters. The highest BCUT2D eigenvalue weighted by molar-refractivity contribution is 5.53. The topological polar surface area (TPSA) is 18.5 Å². The second kappa shape index (κ2) is 7.65. The van der Waals surface area contributed by atoms with Gasteiger partial charge in [0.2, 0.25) is 0 Å². The number of benzene rings is 1. The van der Waals surface area contributed by atoms with Crippen LogP contribution in [0.25, 0.3) is 0 Å². The Morgan fingerprint density at radius 3 is 2.25 bits per heavy atom. The van der Waals surface area contributed by atoms with E-state index in [1.807, 2.05) is 0 Å². The number of para-hydroxylation sites is 1. The predicted molar refractivity (Wildman–Crippen MR) is 89.5 cm³/mol. The molecule has 0 unspecified atom stereocenters. The molecule has 0 spiro atoms. The number of hydrogen-bond acceptors (Lipinski definition) is 3. The van der Waals surface area contributed by atoms with Crippen LogP contribution in [-0.2, 0) is 6.54 Å². The van der Waals surface area contributed by atoms with E-state index in [1.54, 1.807) is 0 Å². The highest BCUT2D eigenvalue weighted by atomic mass is 15.1. The monoisotopic (exact) mass is 277 g/mol. The molecule has 0 heterocycles. The van der Waals surface area contributed by atoms with Gasteiger partial charge in [-0.25, -0.2) is 0 Å². The first-order valence-corrected chi connectivity index (χ1v) is 7.48. The fourth-order valence-corrected chi connectivity index (χ4v) is 2.14. The Morgan fingerprint density at radius 1 is 1.00 bits per heavy atom. The average molecular weight is 277 g/mol. The lowest BCUT2D eigenvalue weighted by Gasteiger charge is -2.26. The van der Waals surface area contributed by atoms with Crippen molar-refractivity contribution in [3.05, 3.63) is 29.8 Å². The van der Waals surface area contributed by atoms with E-state index in [0.717, 1.165) is 19.6 Å². The minimum atomic E-state index is 0.149. The molecule has 0 amide bonds. The van der Waals surface area contributed by atoms with Gasteiger partial charge in [0.15, 0.2) is 0 Å². The van der Waals surface area contributed by atoms with Crippen LogP contribution >= 0.6 is 0 Å². The fraction of sp³-hybridized carbons (Fsp3) is 0.647. The van der Waals surface area contributed by atoms with Crippen LogP contribution in [0, 0.1) is 0 Å². The van der Waals surface area contributed by atoms with Crippen molar-refractivity contribution in [3.8, 4) is 0 Å². The Labute approximate surface area is 125 Å².